The fourth-order valence-corrected chi connectivity index (χ4v) is 10.1. The van der Waals surface area contributed by atoms with E-state index in [-0.39, 0.29) is 33.3 Å². The summed E-state index contributed by atoms with van der Waals surface area (Å²) >= 11 is 1.65. The van der Waals surface area contributed by atoms with E-state index in [4.69, 9.17) is 24.5 Å². The van der Waals surface area contributed by atoms with Gasteiger partial charge in [-0.25, -0.2) is 15.0 Å². The van der Waals surface area contributed by atoms with Crippen molar-refractivity contribution in [3.8, 4) is 84.4 Å². The second-order valence-electron chi connectivity index (χ2n) is 16.2. The standard InChI is InChI=1S/C63H40N4S/c1-4-15-41(16-5-1)43-27-29-44(30-28-43)45-31-33-46(34-32-45)50-23-14-24-54(60(50)67-56-25-12-10-21-51(56)55-39-48(36-38-57(55)67)42-17-6-2-7-18-42)63-65-61(47-19-8-3-9-20-47)64-62(66-63)49-35-37-53-52-22-11-13-26-58(52)68-59(53)40-49/h1-40H/i2D,6D,7D,10D,12D,17D,18D,21D,25D,36D,38D,39D. The predicted octanol–water partition coefficient (Wildman–Crippen LogP) is 17.0. The van der Waals surface area contributed by atoms with Gasteiger partial charge in [-0.05, 0) is 75.3 Å². The number of hydrogen-bond donors (Lipinski definition) is 0. The summed E-state index contributed by atoms with van der Waals surface area (Å²) in [7, 11) is 0. The maximum atomic E-state index is 9.98. The van der Waals surface area contributed by atoms with E-state index in [1.807, 2.05) is 103 Å². The number of hydrogen-bond acceptors (Lipinski definition) is 4. The molecule has 4 nitrogen and oxygen atoms in total. The number of rotatable bonds is 8. The molecule has 0 aliphatic heterocycles. The van der Waals surface area contributed by atoms with Crippen LogP contribution in [0.1, 0.15) is 16.4 Å². The third-order valence-electron chi connectivity index (χ3n) is 12.2. The van der Waals surface area contributed by atoms with Crippen LogP contribution in [-0.2, 0) is 0 Å². The molecular weight excluding hydrogens is 845 g/mol. The topological polar surface area (TPSA) is 43.6 Å². The molecule has 68 heavy (non-hydrogen) atoms. The summed E-state index contributed by atoms with van der Waals surface area (Å²) in [5.74, 6) is 0.826. The van der Waals surface area contributed by atoms with Crippen LogP contribution in [0.5, 0.6) is 0 Å². The summed E-state index contributed by atoms with van der Waals surface area (Å²) in [6.45, 7) is 0. The van der Waals surface area contributed by atoms with Gasteiger partial charge >= 0.3 is 0 Å². The second-order valence-corrected chi connectivity index (χ2v) is 17.3. The summed E-state index contributed by atoms with van der Waals surface area (Å²) in [4.78, 5) is 15.5. The van der Waals surface area contributed by atoms with Gasteiger partial charge in [-0.2, -0.15) is 0 Å². The number of benzene rings is 10. The van der Waals surface area contributed by atoms with Gasteiger partial charge in [0, 0.05) is 53.2 Å². The molecule has 0 amide bonds. The van der Waals surface area contributed by atoms with Crippen molar-refractivity contribution in [3.05, 3.63) is 242 Å². The number of aromatic nitrogens is 4. The number of thiophene rings is 1. The lowest BCUT2D eigenvalue weighted by atomic mass is 9.95. The Morgan fingerprint density at radius 2 is 0.897 bits per heavy atom. The van der Waals surface area contributed by atoms with E-state index in [0.29, 0.717) is 39.5 Å². The molecule has 0 saturated carbocycles. The van der Waals surface area contributed by atoms with Crippen molar-refractivity contribution in [3.63, 3.8) is 0 Å². The lowest BCUT2D eigenvalue weighted by Gasteiger charge is -2.19. The molecule has 0 spiro atoms. The monoisotopic (exact) mass is 896 g/mol. The molecule has 0 saturated heterocycles. The lowest BCUT2D eigenvalue weighted by molar-refractivity contribution is 1.07. The van der Waals surface area contributed by atoms with Crippen LogP contribution in [0.4, 0.5) is 0 Å². The first-order valence-corrected chi connectivity index (χ1v) is 22.8. The summed E-state index contributed by atoms with van der Waals surface area (Å²) in [5, 5.41) is 1.84. The van der Waals surface area contributed by atoms with E-state index in [1.165, 1.54) is 4.57 Å². The quantitative estimate of drug-likeness (QED) is 0.153. The summed E-state index contributed by atoms with van der Waals surface area (Å²) in [5.41, 5.74) is 5.90. The van der Waals surface area contributed by atoms with Crippen molar-refractivity contribution < 1.29 is 16.4 Å². The molecule has 0 fully saturated rings. The maximum Gasteiger partial charge on any atom is 0.166 e. The molecule has 0 N–H and O–H groups in total. The van der Waals surface area contributed by atoms with Crippen LogP contribution in [0.15, 0.2) is 242 Å². The van der Waals surface area contributed by atoms with Crippen LogP contribution in [0.3, 0.4) is 0 Å². The molecule has 5 heteroatoms. The summed E-state index contributed by atoms with van der Waals surface area (Å²) in [6.07, 6.45) is 0. The fraction of sp³-hybridized carbons (Fsp3) is 0. The molecule has 0 bridgehead atoms. The Labute approximate surface area is 414 Å². The molecule has 0 radical (unpaired) electrons. The first-order chi connectivity index (χ1) is 38.7. The normalized spacial score (nSPS) is 14.0. The highest BCUT2D eigenvalue weighted by Crippen LogP contribution is 2.43. The molecule has 0 unspecified atom stereocenters. The molecular formula is C63H40N4S. The van der Waals surface area contributed by atoms with Crippen LogP contribution >= 0.6 is 11.3 Å². The smallest absolute Gasteiger partial charge is 0.166 e. The summed E-state index contributed by atoms with van der Waals surface area (Å²) < 4.78 is 114. The lowest BCUT2D eigenvalue weighted by Crippen LogP contribution is -2.05. The van der Waals surface area contributed by atoms with Crippen molar-refractivity contribution in [1.82, 2.24) is 19.5 Å². The largest absolute Gasteiger partial charge is 0.308 e. The SMILES string of the molecule is [2H]c1c([2H])c([2H])c(-c2c([2H])c([2H])c3c(c2[2H])c2c([2H])c([2H])c([2H])c([2H])c2n3-c2c(-c3ccc(-c4ccc(-c5ccccc5)cc4)cc3)cccc2-c2nc(-c3ccccc3)nc(-c3ccc4c(c3)sc3ccccc34)n2)c([2H])c1[2H]. The van der Waals surface area contributed by atoms with Crippen molar-refractivity contribution in [2.45, 2.75) is 0 Å². The zero-order chi connectivity index (χ0) is 55.4. The van der Waals surface area contributed by atoms with Gasteiger partial charge < -0.3 is 4.57 Å². The first kappa shape index (κ1) is 29.0. The van der Waals surface area contributed by atoms with E-state index < -0.39 is 83.6 Å². The number of nitrogens with zero attached hydrogens (tertiary/aromatic N) is 4. The Bertz CT molecular complexity index is 4690. The molecule has 10 aromatic carbocycles. The van der Waals surface area contributed by atoms with Crippen molar-refractivity contribution in [1.29, 1.82) is 0 Å². The number of para-hydroxylation sites is 2. The Morgan fingerprint density at radius 3 is 1.65 bits per heavy atom. The van der Waals surface area contributed by atoms with Crippen molar-refractivity contribution >= 4 is 53.3 Å². The molecule has 318 valence electrons. The van der Waals surface area contributed by atoms with Gasteiger partial charge in [0.2, 0.25) is 0 Å². The Morgan fingerprint density at radius 1 is 0.338 bits per heavy atom. The van der Waals surface area contributed by atoms with Gasteiger partial charge in [0.05, 0.1) is 33.2 Å². The van der Waals surface area contributed by atoms with E-state index in [1.54, 1.807) is 17.4 Å². The van der Waals surface area contributed by atoms with Crippen LogP contribution in [0, 0.1) is 0 Å². The molecule has 0 aliphatic rings. The van der Waals surface area contributed by atoms with Gasteiger partial charge in [-0.3, -0.25) is 0 Å². The Hall–Kier alpha value is -8.77. The average molecular weight is 897 g/mol. The second kappa shape index (κ2) is 16.6. The molecule has 3 aromatic heterocycles. The molecule has 0 atom stereocenters. The molecule has 13 aromatic rings. The first-order valence-electron chi connectivity index (χ1n) is 27.9. The summed E-state index contributed by atoms with van der Waals surface area (Å²) in [6, 6.07) is 47.7. The van der Waals surface area contributed by atoms with Gasteiger partial charge in [-0.15, -0.1) is 11.3 Å². The zero-order valence-corrected chi connectivity index (χ0v) is 36.7. The molecule has 13 rings (SSSR count). The minimum atomic E-state index is -0.708. The van der Waals surface area contributed by atoms with Gasteiger partial charge in [0.25, 0.3) is 0 Å². The van der Waals surface area contributed by atoms with E-state index in [9.17, 15) is 6.85 Å². The number of fused-ring (bicyclic) bond motifs is 6. The highest BCUT2D eigenvalue weighted by Gasteiger charge is 2.23. The van der Waals surface area contributed by atoms with Crippen LogP contribution in [-0.4, -0.2) is 19.5 Å². The Kier molecular flexibility index (Phi) is 7.07. The zero-order valence-electron chi connectivity index (χ0n) is 47.9. The molecule has 3 heterocycles. The average Bonchev–Trinajstić information content (AvgIpc) is 4.09. The van der Waals surface area contributed by atoms with Gasteiger partial charge in [0.1, 0.15) is 0 Å². The highest BCUT2D eigenvalue weighted by atomic mass is 32.1. The third-order valence-corrected chi connectivity index (χ3v) is 13.4. The van der Waals surface area contributed by atoms with Gasteiger partial charge in [-0.1, -0.05) is 206 Å². The minimum Gasteiger partial charge on any atom is -0.308 e. The van der Waals surface area contributed by atoms with Crippen LogP contribution in [0.25, 0.3) is 126 Å². The predicted molar refractivity (Wildman–Crippen MR) is 285 cm³/mol. The van der Waals surface area contributed by atoms with E-state index in [0.717, 1.165) is 42.4 Å². The molecule has 0 aliphatic carbocycles. The van der Waals surface area contributed by atoms with E-state index >= 15 is 0 Å². The van der Waals surface area contributed by atoms with Crippen LogP contribution in [0.2, 0.25) is 0 Å². The van der Waals surface area contributed by atoms with Crippen molar-refractivity contribution in [2.24, 2.45) is 0 Å². The van der Waals surface area contributed by atoms with E-state index in [2.05, 4.69) is 60.7 Å². The van der Waals surface area contributed by atoms with Crippen LogP contribution < -0.4 is 0 Å². The minimum absolute atomic E-state index is 0.137. The highest BCUT2D eigenvalue weighted by molar-refractivity contribution is 7.25. The van der Waals surface area contributed by atoms with Crippen molar-refractivity contribution in [2.75, 3.05) is 0 Å². The maximum absolute atomic E-state index is 9.98. The third kappa shape index (κ3) is 6.96. The van der Waals surface area contributed by atoms with Gasteiger partial charge in [0.15, 0.2) is 17.5 Å². The Balaban J connectivity index is 1.12. The fourth-order valence-electron chi connectivity index (χ4n) is 8.97.